The van der Waals surface area contributed by atoms with E-state index in [-0.39, 0.29) is 19.4 Å². The molecule has 0 bridgehead atoms. The molecule has 3 aromatic rings. The van der Waals surface area contributed by atoms with Gasteiger partial charge in [0.05, 0.1) is 0 Å². The number of aromatic nitrogens is 3. The zero-order valence-corrected chi connectivity index (χ0v) is 18.1. The van der Waals surface area contributed by atoms with Crippen molar-refractivity contribution in [2.24, 2.45) is 0 Å². The van der Waals surface area contributed by atoms with E-state index < -0.39 is 12.3 Å². The molecule has 0 saturated carbocycles. The van der Waals surface area contributed by atoms with E-state index in [1.54, 1.807) is 6.20 Å². The van der Waals surface area contributed by atoms with Crippen molar-refractivity contribution in [3.05, 3.63) is 65.9 Å². The third-order valence-corrected chi connectivity index (χ3v) is 5.69. The van der Waals surface area contributed by atoms with E-state index in [4.69, 9.17) is 4.98 Å². The number of alkyl halides is 3. The fourth-order valence-corrected chi connectivity index (χ4v) is 3.87. The average molecular weight is 458 g/mol. The molecule has 0 fully saturated rings. The van der Waals surface area contributed by atoms with Crippen LogP contribution in [0.5, 0.6) is 0 Å². The van der Waals surface area contributed by atoms with Crippen LogP contribution in [0.15, 0.2) is 54.7 Å². The van der Waals surface area contributed by atoms with Crippen molar-refractivity contribution in [1.82, 2.24) is 15.0 Å². The quantitative estimate of drug-likeness (QED) is 0.517. The maximum atomic E-state index is 12.5. The van der Waals surface area contributed by atoms with E-state index in [0.717, 1.165) is 31.7 Å². The minimum absolute atomic E-state index is 0.151. The average Bonchev–Trinajstić information content (AvgIpc) is 3.04. The molecule has 1 aliphatic rings. The van der Waals surface area contributed by atoms with Crippen molar-refractivity contribution in [1.29, 1.82) is 0 Å². The third kappa shape index (κ3) is 5.98. The minimum Gasteiger partial charge on any atom is -0.384 e. The van der Waals surface area contributed by atoms with Crippen LogP contribution in [0.3, 0.4) is 0 Å². The summed E-state index contributed by atoms with van der Waals surface area (Å²) in [6.07, 6.45) is -3.67. The lowest BCUT2D eigenvalue weighted by Gasteiger charge is -2.22. The fraction of sp³-hybridized carbons (Fsp3) is 0.375. The van der Waals surface area contributed by atoms with Gasteiger partial charge in [-0.2, -0.15) is 13.2 Å². The number of fused-ring (bicyclic) bond motifs is 1. The van der Waals surface area contributed by atoms with Gasteiger partial charge in [-0.15, -0.1) is 0 Å². The highest BCUT2D eigenvalue weighted by Crippen LogP contribution is 2.25. The number of hydrogen-bond acceptors (Lipinski definition) is 6. The molecule has 0 amide bonds. The summed E-state index contributed by atoms with van der Waals surface area (Å²) in [6, 6.07) is 15.7. The maximum absolute atomic E-state index is 12.5. The first kappa shape index (κ1) is 23.0. The molecule has 1 atom stereocenters. The molecule has 2 aromatic heterocycles. The summed E-state index contributed by atoms with van der Waals surface area (Å²) < 4.78 is 37.6. The Balaban J connectivity index is 1.52. The molecule has 0 radical (unpaired) electrons. The Morgan fingerprint density at radius 3 is 2.33 bits per heavy atom. The molecule has 0 saturated heterocycles. The molecule has 6 nitrogen and oxygen atoms in total. The number of halogens is 3. The van der Waals surface area contributed by atoms with Crippen molar-refractivity contribution in [2.75, 3.05) is 29.9 Å². The first-order valence-corrected chi connectivity index (χ1v) is 11.0. The van der Waals surface area contributed by atoms with Crippen molar-refractivity contribution in [3.63, 3.8) is 0 Å². The Kier molecular flexibility index (Phi) is 7.08. The number of hydrogen-bond donors (Lipinski definition) is 2. The van der Waals surface area contributed by atoms with Gasteiger partial charge in [0.15, 0.2) is 5.82 Å². The Bertz CT molecular complexity index is 1030. The third-order valence-electron chi connectivity index (χ3n) is 5.69. The Morgan fingerprint density at radius 2 is 1.70 bits per heavy atom. The molecule has 3 heterocycles. The van der Waals surface area contributed by atoms with Gasteiger partial charge in [0.1, 0.15) is 23.4 Å². The summed E-state index contributed by atoms with van der Waals surface area (Å²) in [5.41, 5.74) is 3.29. The summed E-state index contributed by atoms with van der Waals surface area (Å²) >= 11 is 0. The van der Waals surface area contributed by atoms with Gasteiger partial charge in [-0.05, 0) is 48.9 Å². The standard InChI is InChI=1S/C24H26F3N5O/c25-24(26,27)20(33)9-5-13-29-21-16-22(31-23(30-21)19-8-3-4-12-28-19)32-14-10-17-6-1-2-7-18(17)11-15-32/h1-4,6-8,12,16,20,33H,5,9-11,13-15H2,(H,29,30,31). The second kappa shape index (κ2) is 10.2. The SMILES string of the molecule is OC(CCCNc1cc(N2CCc3ccccc3CC2)nc(-c2ccccn2)n1)C(F)(F)F. The lowest BCUT2D eigenvalue weighted by Crippen LogP contribution is -2.29. The highest BCUT2D eigenvalue weighted by molar-refractivity contribution is 5.59. The van der Waals surface area contributed by atoms with Crippen molar-refractivity contribution in [2.45, 2.75) is 38.0 Å². The lowest BCUT2D eigenvalue weighted by molar-refractivity contribution is -0.205. The zero-order valence-electron chi connectivity index (χ0n) is 18.1. The van der Waals surface area contributed by atoms with Crippen LogP contribution in [0.1, 0.15) is 24.0 Å². The topological polar surface area (TPSA) is 74.2 Å². The van der Waals surface area contributed by atoms with Gasteiger partial charge in [0, 0.05) is 31.9 Å². The van der Waals surface area contributed by atoms with Crippen molar-refractivity contribution >= 4 is 11.6 Å². The predicted molar refractivity (Wildman–Crippen MR) is 121 cm³/mol. The second-order valence-corrected chi connectivity index (χ2v) is 8.03. The van der Waals surface area contributed by atoms with Crippen LogP contribution < -0.4 is 10.2 Å². The van der Waals surface area contributed by atoms with E-state index in [1.807, 2.05) is 24.3 Å². The zero-order chi connectivity index (χ0) is 23.3. The highest BCUT2D eigenvalue weighted by atomic mass is 19.4. The normalized spacial score (nSPS) is 15.0. The first-order chi connectivity index (χ1) is 15.9. The summed E-state index contributed by atoms with van der Waals surface area (Å²) in [4.78, 5) is 15.8. The fourth-order valence-electron chi connectivity index (χ4n) is 3.87. The summed E-state index contributed by atoms with van der Waals surface area (Å²) in [5.74, 6) is 1.72. The molecule has 33 heavy (non-hydrogen) atoms. The number of pyridine rings is 1. The van der Waals surface area contributed by atoms with E-state index >= 15 is 0 Å². The van der Waals surface area contributed by atoms with Crippen molar-refractivity contribution in [3.8, 4) is 11.5 Å². The van der Waals surface area contributed by atoms with Crippen LogP contribution in [-0.4, -0.2) is 52.0 Å². The molecule has 1 aliphatic heterocycles. The van der Waals surface area contributed by atoms with Gasteiger partial charge in [0.25, 0.3) is 0 Å². The van der Waals surface area contributed by atoms with Crippen molar-refractivity contribution < 1.29 is 18.3 Å². The smallest absolute Gasteiger partial charge is 0.384 e. The number of rotatable bonds is 7. The Morgan fingerprint density at radius 1 is 1.00 bits per heavy atom. The van der Waals surface area contributed by atoms with Gasteiger partial charge < -0.3 is 15.3 Å². The van der Waals surface area contributed by atoms with E-state index in [1.165, 1.54) is 11.1 Å². The van der Waals surface area contributed by atoms with Gasteiger partial charge in [-0.3, -0.25) is 4.98 Å². The summed E-state index contributed by atoms with van der Waals surface area (Å²) in [6.45, 7) is 1.84. The summed E-state index contributed by atoms with van der Waals surface area (Å²) in [7, 11) is 0. The number of anilines is 2. The molecule has 1 unspecified atom stereocenters. The second-order valence-electron chi connectivity index (χ2n) is 8.03. The summed E-state index contributed by atoms with van der Waals surface area (Å²) in [5, 5.41) is 12.3. The predicted octanol–water partition coefficient (Wildman–Crippen LogP) is 4.26. The molecule has 4 rings (SSSR count). The van der Waals surface area contributed by atoms with Crippen LogP contribution in [0.25, 0.3) is 11.5 Å². The van der Waals surface area contributed by atoms with E-state index in [9.17, 15) is 18.3 Å². The molecule has 174 valence electrons. The van der Waals surface area contributed by atoms with Gasteiger partial charge in [0.2, 0.25) is 0 Å². The Labute approximate surface area is 190 Å². The molecule has 0 aliphatic carbocycles. The maximum Gasteiger partial charge on any atom is 0.414 e. The van der Waals surface area contributed by atoms with Crippen LogP contribution in [-0.2, 0) is 12.8 Å². The number of aliphatic hydroxyl groups is 1. The molecule has 0 spiro atoms. The van der Waals surface area contributed by atoms with Gasteiger partial charge in [-0.25, -0.2) is 9.97 Å². The number of benzene rings is 1. The first-order valence-electron chi connectivity index (χ1n) is 11.0. The number of nitrogens with one attached hydrogen (secondary N) is 1. The molecule has 2 N–H and O–H groups in total. The largest absolute Gasteiger partial charge is 0.414 e. The Hall–Kier alpha value is -3.20. The number of nitrogens with zero attached hydrogens (tertiary/aromatic N) is 4. The van der Waals surface area contributed by atoms with E-state index in [2.05, 4.69) is 44.5 Å². The molecular formula is C24H26F3N5O. The minimum atomic E-state index is -4.60. The lowest BCUT2D eigenvalue weighted by atomic mass is 10.0. The van der Waals surface area contributed by atoms with Gasteiger partial charge in [-0.1, -0.05) is 30.3 Å². The number of aliphatic hydroxyl groups excluding tert-OH is 1. The van der Waals surface area contributed by atoms with Crippen LogP contribution >= 0.6 is 0 Å². The van der Waals surface area contributed by atoms with Crippen LogP contribution in [0, 0.1) is 0 Å². The monoisotopic (exact) mass is 457 g/mol. The van der Waals surface area contributed by atoms with E-state index in [0.29, 0.717) is 17.3 Å². The molecular weight excluding hydrogens is 431 g/mol. The highest BCUT2D eigenvalue weighted by Gasteiger charge is 2.37. The molecule has 1 aromatic carbocycles. The van der Waals surface area contributed by atoms with Gasteiger partial charge >= 0.3 is 6.18 Å². The van der Waals surface area contributed by atoms with Crippen LogP contribution in [0.2, 0.25) is 0 Å². The van der Waals surface area contributed by atoms with Crippen LogP contribution in [0.4, 0.5) is 24.8 Å². The molecule has 9 heteroatoms.